The van der Waals surface area contributed by atoms with Crippen LogP contribution in [0.3, 0.4) is 0 Å². The lowest BCUT2D eigenvalue weighted by atomic mass is 10.4. The van der Waals surface area contributed by atoms with Gasteiger partial charge >= 0.3 is 0 Å². The second kappa shape index (κ2) is 4.37. The first-order valence-corrected chi connectivity index (χ1v) is 5.36. The van der Waals surface area contributed by atoms with Crippen LogP contribution in [0.4, 0.5) is 0 Å². The molecule has 0 fully saturated rings. The smallest absolute Gasteiger partial charge is 0.0349 e. The fraction of sp³-hybridized carbons (Fsp3) is 0.600. The second-order valence-corrected chi connectivity index (χ2v) is 4.96. The van der Waals surface area contributed by atoms with Gasteiger partial charge in [0.2, 0.25) is 0 Å². The van der Waals surface area contributed by atoms with E-state index in [9.17, 15) is 0 Å². The van der Waals surface area contributed by atoms with Crippen LogP contribution in [0.5, 0.6) is 0 Å². The van der Waals surface area contributed by atoms with Crippen molar-refractivity contribution in [1.29, 1.82) is 0 Å². The lowest BCUT2D eigenvalue weighted by Crippen LogP contribution is -1.80. The monoisotopic (exact) mass is 164 g/mol. The minimum Gasteiger partial charge on any atom is -0.0829 e. The molecule has 0 aromatic rings. The van der Waals surface area contributed by atoms with E-state index in [-0.39, 0.29) is 0 Å². The molecule has 0 N–H and O–H groups in total. The normalized spacial score (nSPS) is 12.8. The number of rotatable bonds is 2. The van der Waals surface area contributed by atoms with Gasteiger partial charge in [-0.3, -0.25) is 0 Å². The first-order valence-electron chi connectivity index (χ1n) is 2.46. The Bertz CT molecular complexity index is 154. The maximum atomic E-state index is 5.03. The Balaban J connectivity index is 4.28. The molecule has 0 aliphatic rings. The van der Waals surface area contributed by atoms with Crippen LogP contribution in [0.25, 0.3) is 0 Å². The molecule has 0 spiro atoms. The van der Waals surface area contributed by atoms with Crippen molar-refractivity contribution in [3.05, 3.63) is 0 Å². The zero-order valence-corrected chi connectivity index (χ0v) is 7.58. The van der Waals surface area contributed by atoms with Gasteiger partial charge in [0.15, 0.2) is 0 Å². The summed E-state index contributed by atoms with van der Waals surface area (Å²) in [5.74, 6) is 0. The van der Waals surface area contributed by atoms with E-state index >= 15 is 0 Å². The molecule has 0 aromatic carbocycles. The van der Waals surface area contributed by atoms with Crippen molar-refractivity contribution in [2.24, 2.45) is 0 Å². The fourth-order valence-corrected chi connectivity index (χ4v) is 1.66. The van der Waals surface area contributed by atoms with Crippen LogP contribution < -0.4 is 0 Å². The van der Waals surface area contributed by atoms with E-state index in [4.69, 9.17) is 24.0 Å². The lowest BCUT2D eigenvalue weighted by Gasteiger charge is -1.87. The highest BCUT2D eigenvalue weighted by atomic mass is 32.4. The molecule has 1 atom stereocenters. The molecule has 0 aliphatic heterocycles. The van der Waals surface area contributed by atoms with Crippen LogP contribution in [0.1, 0.15) is 20.3 Å². The zero-order valence-electron chi connectivity index (χ0n) is 5.05. The third-order valence-electron chi connectivity index (χ3n) is 0.984. The van der Waals surface area contributed by atoms with E-state index in [2.05, 4.69) is 13.8 Å². The molecule has 46 valence electrons. The van der Waals surface area contributed by atoms with Crippen molar-refractivity contribution in [2.45, 2.75) is 20.3 Å². The average molecular weight is 164 g/mol. The molecule has 3 heteroatoms. The molecule has 0 aromatic heterocycles. The predicted octanol–water partition coefficient (Wildman–Crippen LogP) is 2.49. The first kappa shape index (κ1) is 8.48. The summed E-state index contributed by atoms with van der Waals surface area (Å²) in [6.45, 7) is 4.18. The van der Waals surface area contributed by atoms with Gasteiger partial charge in [0.05, 0.1) is 0 Å². The van der Waals surface area contributed by atoms with E-state index in [1.54, 1.807) is 5.11 Å². The largest absolute Gasteiger partial charge is 0.0829 e. The molecule has 0 amide bonds. The second-order valence-electron chi connectivity index (χ2n) is 1.52. The van der Waals surface area contributed by atoms with Crippen molar-refractivity contribution in [1.82, 2.24) is 0 Å². The minimum atomic E-state index is -0.450. The molecule has 8 heavy (non-hydrogen) atoms. The summed E-state index contributed by atoms with van der Waals surface area (Å²) in [5.41, 5.74) is 0. The Labute approximate surface area is 61.4 Å². The highest BCUT2D eigenvalue weighted by molar-refractivity contribution is 8.17. The van der Waals surface area contributed by atoms with Crippen molar-refractivity contribution < 1.29 is 0 Å². The van der Waals surface area contributed by atoms with Crippen LogP contribution in [-0.2, 0) is 11.8 Å². The lowest BCUT2D eigenvalue weighted by molar-refractivity contribution is 1.31. The highest BCUT2D eigenvalue weighted by Gasteiger charge is 1.82. The maximum absolute atomic E-state index is 5.03. The standard InChI is InChI=1S/C5H9PS2/c1-3-5(2)6(8)4-7/h4H,3H2,1-2H3. The summed E-state index contributed by atoms with van der Waals surface area (Å²) < 4.78 is 0. The molecule has 0 radical (unpaired) electrons. The van der Waals surface area contributed by atoms with Gasteiger partial charge in [-0.15, -0.1) is 0 Å². The molecular formula is C5H9PS2. The summed E-state index contributed by atoms with van der Waals surface area (Å²) in [6.07, 6.45) is 0.622. The molecule has 0 heterocycles. The molecule has 0 saturated heterocycles. The van der Waals surface area contributed by atoms with Crippen LogP contribution in [0.2, 0.25) is 0 Å². The third-order valence-corrected chi connectivity index (χ3v) is 4.53. The van der Waals surface area contributed by atoms with E-state index in [0.717, 1.165) is 6.42 Å². The van der Waals surface area contributed by atoms with Crippen LogP contribution in [0, 0.1) is 0 Å². The van der Waals surface area contributed by atoms with Gasteiger partial charge in [0.25, 0.3) is 0 Å². The minimum absolute atomic E-state index is 0.450. The van der Waals surface area contributed by atoms with Gasteiger partial charge in [-0.2, -0.15) is 0 Å². The highest BCUT2D eigenvalue weighted by Crippen LogP contribution is 2.06. The van der Waals surface area contributed by atoms with Gasteiger partial charge in [-0.1, -0.05) is 30.9 Å². The Hall–Kier alpha value is 0.480. The fourth-order valence-electron chi connectivity index (χ4n) is 0.246. The van der Waals surface area contributed by atoms with Crippen molar-refractivity contribution in [2.75, 3.05) is 0 Å². The SMILES string of the molecule is CCC(C)=P(=S)C=S. The van der Waals surface area contributed by atoms with E-state index in [0.29, 0.717) is 0 Å². The summed E-state index contributed by atoms with van der Waals surface area (Å²) >= 11 is 9.72. The van der Waals surface area contributed by atoms with E-state index in [1.807, 2.05) is 0 Å². The van der Waals surface area contributed by atoms with Gasteiger partial charge < -0.3 is 0 Å². The molecule has 1 unspecified atom stereocenters. The number of thiocarbonyl (C=S) groups is 1. The third kappa shape index (κ3) is 2.71. The van der Waals surface area contributed by atoms with Crippen molar-refractivity contribution >= 4 is 40.7 Å². The quantitative estimate of drug-likeness (QED) is 0.454. The Kier molecular flexibility index (Phi) is 4.63. The zero-order chi connectivity index (χ0) is 6.57. The number of hydrogen-bond acceptors (Lipinski definition) is 2. The Morgan fingerprint density at radius 1 is 1.75 bits per heavy atom. The summed E-state index contributed by atoms with van der Waals surface area (Å²) in [6, 6.07) is 0. The topological polar surface area (TPSA) is 0 Å². The summed E-state index contributed by atoms with van der Waals surface area (Å²) in [5, 5.41) is 3.05. The maximum Gasteiger partial charge on any atom is 0.0349 e. The van der Waals surface area contributed by atoms with Crippen LogP contribution in [-0.4, -0.2) is 10.4 Å². The van der Waals surface area contributed by atoms with Crippen LogP contribution >= 0.6 is 18.5 Å². The predicted molar refractivity (Wildman–Crippen MR) is 48.9 cm³/mol. The Morgan fingerprint density at radius 2 is 2.25 bits per heavy atom. The van der Waals surface area contributed by atoms with Crippen molar-refractivity contribution in [3.8, 4) is 0 Å². The van der Waals surface area contributed by atoms with Gasteiger partial charge in [0.1, 0.15) is 0 Å². The molecular weight excluding hydrogens is 155 g/mol. The molecule has 0 bridgehead atoms. The average Bonchev–Trinajstić information content (AvgIpc) is 1.84. The molecule has 0 aliphatic carbocycles. The summed E-state index contributed by atoms with van der Waals surface area (Å²) in [7, 11) is 0. The Morgan fingerprint density at radius 3 is 2.38 bits per heavy atom. The summed E-state index contributed by atoms with van der Waals surface area (Å²) in [4.78, 5) is 0. The van der Waals surface area contributed by atoms with E-state index < -0.39 is 6.32 Å². The molecule has 0 nitrogen and oxygen atoms in total. The number of hydrogen-bond donors (Lipinski definition) is 0. The van der Waals surface area contributed by atoms with Gasteiger partial charge in [-0.05, 0) is 25.0 Å². The molecule has 0 rings (SSSR count). The van der Waals surface area contributed by atoms with Gasteiger partial charge in [0, 0.05) is 5.11 Å². The first-order chi connectivity index (χ1) is 3.72. The van der Waals surface area contributed by atoms with E-state index in [1.165, 1.54) is 5.29 Å². The van der Waals surface area contributed by atoms with Gasteiger partial charge in [-0.25, -0.2) is 0 Å². The van der Waals surface area contributed by atoms with Crippen molar-refractivity contribution in [3.63, 3.8) is 0 Å². The van der Waals surface area contributed by atoms with Crippen LogP contribution in [0.15, 0.2) is 0 Å². The molecule has 0 saturated carbocycles.